The molecule has 0 saturated heterocycles. The van der Waals surface area contributed by atoms with Crippen LogP contribution in [-0.2, 0) is 0 Å². The Labute approximate surface area is 95.5 Å². The summed E-state index contributed by atoms with van der Waals surface area (Å²) in [6.45, 7) is 6.06. The van der Waals surface area contributed by atoms with Gasteiger partial charge in [-0.25, -0.2) is 9.97 Å². The van der Waals surface area contributed by atoms with Gasteiger partial charge in [0.1, 0.15) is 12.0 Å². The van der Waals surface area contributed by atoms with Crippen LogP contribution in [0.3, 0.4) is 0 Å². The predicted octanol–water partition coefficient (Wildman–Crippen LogP) is 0.309. The molecule has 0 aromatic carbocycles. The van der Waals surface area contributed by atoms with Gasteiger partial charge in [0.05, 0.1) is 6.61 Å². The van der Waals surface area contributed by atoms with E-state index in [0.717, 1.165) is 13.1 Å². The number of anilines is 3. The first-order chi connectivity index (χ1) is 7.74. The van der Waals surface area contributed by atoms with Crippen molar-refractivity contribution in [1.82, 2.24) is 9.97 Å². The Hall–Kier alpha value is -1.56. The summed E-state index contributed by atoms with van der Waals surface area (Å²) in [5, 5.41) is 12.0. The number of hydrogen-bond donors (Lipinski definition) is 3. The number of aromatic nitrogens is 2. The third-order valence-electron chi connectivity index (χ3n) is 2.26. The Kier molecular flexibility index (Phi) is 4.78. The average molecular weight is 225 g/mol. The van der Waals surface area contributed by atoms with Gasteiger partial charge in [-0.15, -0.1) is 0 Å². The van der Waals surface area contributed by atoms with E-state index in [2.05, 4.69) is 15.3 Å². The van der Waals surface area contributed by atoms with Gasteiger partial charge in [-0.1, -0.05) is 0 Å². The second-order valence-electron chi connectivity index (χ2n) is 3.29. The molecule has 4 N–H and O–H groups in total. The Morgan fingerprint density at radius 3 is 2.75 bits per heavy atom. The van der Waals surface area contributed by atoms with Crippen molar-refractivity contribution in [1.29, 1.82) is 0 Å². The standard InChI is InChI=1S/C10H19N5O/c1-3-12-9-8(11)10(14-7-13-9)15(4-2)5-6-16/h7,16H,3-6,11H2,1-2H3,(H,12,13,14). The second-order valence-corrected chi connectivity index (χ2v) is 3.29. The van der Waals surface area contributed by atoms with E-state index in [9.17, 15) is 0 Å². The van der Waals surface area contributed by atoms with Crippen LogP contribution in [0, 0.1) is 0 Å². The van der Waals surface area contributed by atoms with Crippen LogP contribution in [0.4, 0.5) is 17.3 Å². The molecule has 0 atom stereocenters. The number of likely N-dealkylation sites (N-methyl/N-ethyl adjacent to an activating group) is 1. The topological polar surface area (TPSA) is 87.3 Å². The van der Waals surface area contributed by atoms with E-state index in [1.54, 1.807) is 0 Å². The number of nitrogens with two attached hydrogens (primary N) is 1. The predicted molar refractivity (Wildman–Crippen MR) is 65.6 cm³/mol. The van der Waals surface area contributed by atoms with Crippen molar-refractivity contribution < 1.29 is 5.11 Å². The quantitative estimate of drug-likeness (QED) is 0.646. The van der Waals surface area contributed by atoms with Crippen LogP contribution >= 0.6 is 0 Å². The van der Waals surface area contributed by atoms with Crippen LogP contribution in [0.25, 0.3) is 0 Å². The van der Waals surface area contributed by atoms with Crippen LogP contribution in [0.5, 0.6) is 0 Å². The van der Waals surface area contributed by atoms with Gasteiger partial charge in [0, 0.05) is 19.6 Å². The van der Waals surface area contributed by atoms with Crippen molar-refractivity contribution in [2.75, 3.05) is 42.2 Å². The van der Waals surface area contributed by atoms with Gasteiger partial charge in [0.25, 0.3) is 0 Å². The summed E-state index contributed by atoms with van der Waals surface area (Å²) in [4.78, 5) is 10.1. The third kappa shape index (κ3) is 2.73. The Balaban J connectivity index is 2.98. The maximum atomic E-state index is 8.95. The minimum Gasteiger partial charge on any atom is -0.395 e. The largest absolute Gasteiger partial charge is 0.395 e. The van der Waals surface area contributed by atoms with Gasteiger partial charge in [-0.3, -0.25) is 0 Å². The molecule has 6 heteroatoms. The molecule has 0 radical (unpaired) electrons. The van der Waals surface area contributed by atoms with Crippen molar-refractivity contribution in [2.24, 2.45) is 0 Å². The van der Waals surface area contributed by atoms with Gasteiger partial charge in [0.2, 0.25) is 0 Å². The molecule has 0 aliphatic rings. The fraction of sp³-hybridized carbons (Fsp3) is 0.600. The fourth-order valence-electron chi connectivity index (χ4n) is 1.48. The average Bonchev–Trinajstić information content (AvgIpc) is 2.30. The van der Waals surface area contributed by atoms with Crippen molar-refractivity contribution in [2.45, 2.75) is 13.8 Å². The zero-order valence-corrected chi connectivity index (χ0v) is 9.77. The van der Waals surface area contributed by atoms with E-state index < -0.39 is 0 Å². The monoisotopic (exact) mass is 225 g/mol. The molecule has 0 fully saturated rings. The molecular weight excluding hydrogens is 206 g/mol. The molecule has 0 unspecified atom stereocenters. The molecule has 1 rings (SSSR count). The number of nitrogens with zero attached hydrogens (tertiary/aromatic N) is 3. The highest BCUT2D eigenvalue weighted by Crippen LogP contribution is 2.25. The molecule has 0 bridgehead atoms. The second kappa shape index (κ2) is 6.12. The molecule has 1 aromatic heterocycles. The lowest BCUT2D eigenvalue weighted by molar-refractivity contribution is 0.302. The number of aliphatic hydroxyl groups excluding tert-OH is 1. The Morgan fingerprint density at radius 2 is 2.19 bits per heavy atom. The molecule has 1 heterocycles. The number of hydrogen-bond acceptors (Lipinski definition) is 6. The first kappa shape index (κ1) is 12.5. The summed E-state index contributed by atoms with van der Waals surface area (Å²) in [5.41, 5.74) is 6.49. The normalized spacial score (nSPS) is 10.2. The first-order valence-corrected chi connectivity index (χ1v) is 5.44. The van der Waals surface area contributed by atoms with Gasteiger partial charge in [-0.05, 0) is 13.8 Å². The molecular formula is C10H19N5O. The number of rotatable bonds is 6. The van der Waals surface area contributed by atoms with Crippen LogP contribution in [0.2, 0.25) is 0 Å². The van der Waals surface area contributed by atoms with E-state index >= 15 is 0 Å². The van der Waals surface area contributed by atoms with Crippen LogP contribution in [0.1, 0.15) is 13.8 Å². The number of nitrogen functional groups attached to an aromatic ring is 1. The molecule has 1 aromatic rings. The van der Waals surface area contributed by atoms with E-state index in [1.165, 1.54) is 6.33 Å². The molecule has 0 aliphatic heterocycles. The molecule has 0 amide bonds. The maximum Gasteiger partial charge on any atom is 0.157 e. The van der Waals surface area contributed by atoms with Crippen molar-refractivity contribution in [3.05, 3.63) is 6.33 Å². The van der Waals surface area contributed by atoms with E-state index in [1.807, 2.05) is 18.7 Å². The lowest BCUT2D eigenvalue weighted by Gasteiger charge is -2.22. The minimum absolute atomic E-state index is 0.0772. The summed E-state index contributed by atoms with van der Waals surface area (Å²) in [6.07, 6.45) is 1.48. The van der Waals surface area contributed by atoms with Gasteiger partial charge < -0.3 is 21.1 Å². The van der Waals surface area contributed by atoms with Gasteiger partial charge in [-0.2, -0.15) is 0 Å². The Bertz CT molecular complexity index is 331. The van der Waals surface area contributed by atoms with Crippen molar-refractivity contribution in [3.63, 3.8) is 0 Å². The highest BCUT2D eigenvalue weighted by molar-refractivity contribution is 5.74. The zero-order valence-electron chi connectivity index (χ0n) is 9.77. The summed E-state index contributed by atoms with van der Waals surface area (Å²) < 4.78 is 0. The molecule has 16 heavy (non-hydrogen) atoms. The summed E-state index contributed by atoms with van der Waals surface area (Å²) in [5.74, 6) is 1.31. The Morgan fingerprint density at radius 1 is 1.44 bits per heavy atom. The smallest absolute Gasteiger partial charge is 0.157 e. The lowest BCUT2D eigenvalue weighted by atomic mass is 10.3. The number of aliphatic hydroxyl groups is 1. The maximum absolute atomic E-state index is 8.95. The summed E-state index contributed by atoms with van der Waals surface area (Å²) in [7, 11) is 0. The zero-order chi connectivity index (χ0) is 12.0. The van der Waals surface area contributed by atoms with Gasteiger partial charge >= 0.3 is 0 Å². The van der Waals surface area contributed by atoms with Crippen molar-refractivity contribution >= 4 is 17.3 Å². The molecule has 90 valence electrons. The lowest BCUT2D eigenvalue weighted by Crippen LogP contribution is -2.28. The van der Waals surface area contributed by atoms with Crippen LogP contribution < -0.4 is 16.0 Å². The summed E-state index contributed by atoms with van der Waals surface area (Å²) >= 11 is 0. The molecule has 0 saturated carbocycles. The van der Waals surface area contributed by atoms with E-state index in [4.69, 9.17) is 10.8 Å². The molecule has 6 nitrogen and oxygen atoms in total. The van der Waals surface area contributed by atoms with Crippen LogP contribution in [0.15, 0.2) is 6.33 Å². The van der Waals surface area contributed by atoms with Crippen molar-refractivity contribution in [3.8, 4) is 0 Å². The molecule has 0 spiro atoms. The molecule has 0 aliphatic carbocycles. The summed E-state index contributed by atoms with van der Waals surface area (Å²) in [6, 6.07) is 0. The van der Waals surface area contributed by atoms with E-state index in [-0.39, 0.29) is 6.61 Å². The highest BCUT2D eigenvalue weighted by atomic mass is 16.3. The van der Waals surface area contributed by atoms with Crippen LogP contribution in [-0.4, -0.2) is 41.3 Å². The fourth-order valence-corrected chi connectivity index (χ4v) is 1.48. The third-order valence-corrected chi connectivity index (χ3v) is 2.26. The first-order valence-electron chi connectivity index (χ1n) is 5.44. The van der Waals surface area contributed by atoms with E-state index in [0.29, 0.717) is 23.9 Å². The number of nitrogens with one attached hydrogen (secondary N) is 1. The SMILES string of the molecule is CCNc1ncnc(N(CC)CCO)c1N. The minimum atomic E-state index is 0.0772. The van der Waals surface area contributed by atoms with Gasteiger partial charge in [0.15, 0.2) is 11.6 Å². The highest BCUT2D eigenvalue weighted by Gasteiger charge is 2.12.